The van der Waals surface area contributed by atoms with Gasteiger partial charge in [0.15, 0.2) is 5.78 Å². The Labute approximate surface area is 186 Å². The Bertz CT molecular complexity index is 1130. The second kappa shape index (κ2) is 9.77. The molecule has 0 radical (unpaired) electrons. The average Bonchev–Trinajstić information content (AvgIpc) is 2.78. The van der Waals surface area contributed by atoms with E-state index in [4.69, 9.17) is 0 Å². The fourth-order valence-corrected chi connectivity index (χ4v) is 3.43. The van der Waals surface area contributed by atoms with E-state index in [0.717, 1.165) is 12.1 Å². The maximum atomic E-state index is 14.5. The van der Waals surface area contributed by atoms with Crippen molar-refractivity contribution in [1.82, 2.24) is 9.97 Å². The number of ketones is 1. The zero-order chi connectivity index (χ0) is 23.4. The highest BCUT2D eigenvalue weighted by atomic mass is 19.1. The number of aromatic nitrogens is 2. The fraction of sp³-hybridized carbons (Fsp3) is 0.280. The molecule has 1 heterocycles. The molecule has 0 bridgehead atoms. The van der Waals surface area contributed by atoms with Crippen molar-refractivity contribution in [1.29, 1.82) is 0 Å². The molecule has 5 nitrogen and oxygen atoms in total. The van der Waals surface area contributed by atoms with Crippen molar-refractivity contribution >= 4 is 17.4 Å². The maximum Gasteiger partial charge on any atom is 0.229 e. The first-order valence-corrected chi connectivity index (χ1v) is 10.3. The number of carbonyl (C=O) groups is 2. The van der Waals surface area contributed by atoms with Crippen molar-refractivity contribution < 1.29 is 18.4 Å². The number of hydrogen-bond donors (Lipinski definition) is 0. The number of halogens is 2. The van der Waals surface area contributed by atoms with Gasteiger partial charge in [-0.3, -0.25) is 19.6 Å². The largest absolute Gasteiger partial charge is 0.315 e. The Hall–Kier alpha value is -3.48. The highest BCUT2D eigenvalue weighted by Crippen LogP contribution is 2.31. The van der Waals surface area contributed by atoms with Gasteiger partial charge in [-0.15, -0.1) is 0 Å². The van der Waals surface area contributed by atoms with E-state index in [2.05, 4.69) is 9.97 Å². The van der Waals surface area contributed by atoms with Crippen LogP contribution < -0.4 is 4.90 Å². The molecule has 0 N–H and O–H groups in total. The molecule has 1 atom stereocenters. The van der Waals surface area contributed by atoms with E-state index in [0.29, 0.717) is 22.5 Å². The minimum atomic E-state index is -0.744. The van der Waals surface area contributed by atoms with E-state index < -0.39 is 11.6 Å². The molecule has 7 heteroatoms. The van der Waals surface area contributed by atoms with E-state index in [1.807, 2.05) is 6.92 Å². The van der Waals surface area contributed by atoms with Crippen molar-refractivity contribution in [3.63, 3.8) is 0 Å². The first kappa shape index (κ1) is 23.2. The van der Waals surface area contributed by atoms with Gasteiger partial charge in [0.1, 0.15) is 11.6 Å². The van der Waals surface area contributed by atoms with Crippen molar-refractivity contribution in [2.75, 3.05) is 11.9 Å². The van der Waals surface area contributed by atoms with Crippen LogP contribution in [0.25, 0.3) is 11.1 Å². The van der Waals surface area contributed by atoms with Gasteiger partial charge >= 0.3 is 0 Å². The summed E-state index contributed by atoms with van der Waals surface area (Å²) in [5, 5.41) is 0. The van der Waals surface area contributed by atoms with Crippen LogP contribution in [-0.2, 0) is 4.79 Å². The molecule has 1 aromatic heterocycles. The number of benzene rings is 2. The van der Waals surface area contributed by atoms with Crippen LogP contribution in [0.3, 0.4) is 0 Å². The summed E-state index contributed by atoms with van der Waals surface area (Å²) >= 11 is 0. The van der Waals surface area contributed by atoms with Crippen molar-refractivity contribution in [2.24, 2.45) is 5.92 Å². The molecule has 0 aliphatic carbocycles. The monoisotopic (exact) mass is 437 g/mol. The number of carbonyl (C=O) groups excluding carboxylic acids is 2. The van der Waals surface area contributed by atoms with E-state index in [1.165, 1.54) is 11.0 Å². The number of nitrogens with zero attached hydrogens (tertiary/aromatic N) is 3. The van der Waals surface area contributed by atoms with Gasteiger partial charge < -0.3 is 4.90 Å². The minimum Gasteiger partial charge on any atom is -0.315 e. The standard InChI is InChI=1S/C25H25F2N3O2/c1-15(2)25(32)30(4)20-11-17(21-6-5-19(26)13-22(21)27)10-18(12-20)24(31)9-16(3)23-14-28-7-8-29-23/h5-8,10-16H,9H2,1-4H3. The van der Waals surface area contributed by atoms with E-state index in [-0.39, 0.29) is 35.5 Å². The molecule has 3 rings (SSSR count). The van der Waals surface area contributed by atoms with Gasteiger partial charge in [0.05, 0.1) is 5.69 Å². The summed E-state index contributed by atoms with van der Waals surface area (Å²) < 4.78 is 27.9. The van der Waals surface area contributed by atoms with Gasteiger partial charge in [-0.2, -0.15) is 0 Å². The smallest absolute Gasteiger partial charge is 0.229 e. The summed E-state index contributed by atoms with van der Waals surface area (Å²) in [6, 6.07) is 8.09. The molecule has 0 spiro atoms. The molecule has 2 aromatic carbocycles. The molecule has 32 heavy (non-hydrogen) atoms. The third kappa shape index (κ3) is 5.22. The lowest BCUT2D eigenvalue weighted by Gasteiger charge is -2.22. The van der Waals surface area contributed by atoms with Crippen LogP contribution in [-0.4, -0.2) is 28.7 Å². The zero-order valence-corrected chi connectivity index (χ0v) is 18.5. The zero-order valence-electron chi connectivity index (χ0n) is 18.5. The third-order valence-corrected chi connectivity index (χ3v) is 5.27. The minimum absolute atomic E-state index is 0.145. The molecule has 0 saturated carbocycles. The van der Waals surface area contributed by atoms with Gasteiger partial charge in [-0.1, -0.05) is 20.8 Å². The second-order valence-electron chi connectivity index (χ2n) is 8.10. The van der Waals surface area contributed by atoms with E-state index in [9.17, 15) is 18.4 Å². The highest BCUT2D eigenvalue weighted by Gasteiger charge is 2.20. The molecular formula is C25H25F2N3O2. The number of Topliss-reactive ketones (excluding diaryl/α,β-unsaturated/α-hetero) is 1. The summed E-state index contributed by atoms with van der Waals surface area (Å²) in [7, 11) is 1.61. The number of amides is 1. The lowest BCUT2D eigenvalue weighted by molar-refractivity contribution is -0.121. The predicted molar refractivity (Wildman–Crippen MR) is 119 cm³/mol. The highest BCUT2D eigenvalue weighted by molar-refractivity contribution is 6.01. The lowest BCUT2D eigenvalue weighted by Crippen LogP contribution is -2.30. The summed E-state index contributed by atoms with van der Waals surface area (Å²) in [5.41, 5.74) is 2.02. The number of hydrogen-bond acceptors (Lipinski definition) is 4. The molecule has 0 aliphatic rings. The van der Waals surface area contributed by atoms with Gasteiger partial charge in [-0.25, -0.2) is 8.78 Å². The number of anilines is 1. The molecule has 166 valence electrons. The van der Waals surface area contributed by atoms with Gasteiger partial charge in [0.25, 0.3) is 0 Å². The summed E-state index contributed by atoms with van der Waals surface area (Å²) in [5.74, 6) is -2.20. The van der Waals surface area contributed by atoms with Gasteiger partial charge in [0.2, 0.25) is 5.91 Å². The predicted octanol–water partition coefficient (Wildman–Crippen LogP) is 5.42. The summed E-state index contributed by atoms with van der Waals surface area (Å²) in [4.78, 5) is 35.4. The first-order chi connectivity index (χ1) is 15.2. The molecule has 3 aromatic rings. The Morgan fingerprint density at radius 2 is 1.78 bits per heavy atom. The van der Waals surface area contributed by atoms with Gasteiger partial charge in [-0.05, 0) is 35.9 Å². The normalized spacial score (nSPS) is 12.0. The number of rotatable bonds is 7. The topological polar surface area (TPSA) is 63.2 Å². The third-order valence-electron chi connectivity index (χ3n) is 5.27. The Morgan fingerprint density at radius 3 is 2.41 bits per heavy atom. The van der Waals surface area contributed by atoms with Crippen LogP contribution in [0.4, 0.5) is 14.5 Å². The van der Waals surface area contributed by atoms with E-state index in [1.54, 1.807) is 57.7 Å². The van der Waals surface area contributed by atoms with Gasteiger partial charge in [0, 0.05) is 66.8 Å². The Morgan fingerprint density at radius 1 is 1.03 bits per heavy atom. The van der Waals surface area contributed by atoms with Crippen LogP contribution in [0.5, 0.6) is 0 Å². The van der Waals surface area contributed by atoms with Crippen molar-refractivity contribution in [3.05, 3.63) is 77.9 Å². The maximum absolute atomic E-state index is 14.5. The molecule has 0 saturated heterocycles. The van der Waals surface area contributed by atoms with Crippen LogP contribution >= 0.6 is 0 Å². The second-order valence-corrected chi connectivity index (χ2v) is 8.10. The molecule has 0 aliphatic heterocycles. The quantitative estimate of drug-likeness (QED) is 0.463. The summed E-state index contributed by atoms with van der Waals surface area (Å²) in [6.45, 7) is 5.43. The Kier molecular flexibility index (Phi) is 7.08. The molecule has 0 fully saturated rings. The van der Waals surface area contributed by atoms with Crippen LogP contribution in [0, 0.1) is 17.6 Å². The summed E-state index contributed by atoms with van der Waals surface area (Å²) in [6.07, 6.45) is 4.91. The first-order valence-electron chi connectivity index (χ1n) is 10.3. The van der Waals surface area contributed by atoms with Crippen molar-refractivity contribution in [3.8, 4) is 11.1 Å². The average molecular weight is 437 g/mol. The Balaban J connectivity index is 2.03. The van der Waals surface area contributed by atoms with Crippen LogP contribution in [0.2, 0.25) is 0 Å². The lowest BCUT2D eigenvalue weighted by atomic mass is 9.94. The molecule has 1 amide bonds. The van der Waals surface area contributed by atoms with Crippen molar-refractivity contribution in [2.45, 2.75) is 33.1 Å². The SMILES string of the molecule is CC(C)C(=O)N(C)c1cc(C(=O)CC(C)c2cnccn2)cc(-c2ccc(F)cc2F)c1. The van der Waals surface area contributed by atoms with Crippen LogP contribution in [0.15, 0.2) is 55.0 Å². The fourth-order valence-electron chi connectivity index (χ4n) is 3.43. The molecular weight excluding hydrogens is 412 g/mol. The van der Waals surface area contributed by atoms with Crippen LogP contribution in [0.1, 0.15) is 49.2 Å². The molecule has 1 unspecified atom stereocenters. The van der Waals surface area contributed by atoms with E-state index >= 15 is 0 Å².